The van der Waals surface area contributed by atoms with Crippen LogP contribution >= 0.6 is 0 Å². The standard InChI is InChI=1S/C13H10F3N3O2/c1-17-9-3-2-4-10(13(9)19(20)21)18-8-6-5-7(14)11(15)12(8)16/h2-6,17-18H,1H3. The second-order valence-corrected chi connectivity index (χ2v) is 4.06. The van der Waals surface area contributed by atoms with E-state index in [0.717, 1.165) is 12.1 Å². The Morgan fingerprint density at radius 3 is 2.29 bits per heavy atom. The van der Waals surface area contributed by atoms with E-state index in [1.807, 2.05) is 0 Å². The van der Waals surface area contributed by atoms with Gasteiger partial charge in [-0.05, 0) is 24.3 Å². The van der Waals surface area contributed by atoms with E-state index >= 15 is 0 Å². The molecule has 0 saturated carbocycles. The Balaban J connectivity index is 2.50. The van der Waals surface area contributed by atoms with Gasteiger partial charge in [-0.3, -0.25) is 10.1 Å². The van der Waals surface area contributed by atoms with Gasteiger partial charge in [-0.1, -0.05) is 6.07 Å². The molecule has 0 fully saturated rings. The van der Waals surface area contributed by atoms with Crippen LogP contribution in [-0.4, -0.2) is 12.0 Å². The Hall–Kier alpha value is -2.77. The summed E-state index contributed by atoms with van der Waals surface area (Å²) in [6, 6.07) is 5.99. The molecule has 2 rings (SSSR count). The van der Waals surface area contributed by atoms with Crippen molar-refractivity contribution < 1.29 is 18.1 Å². The molecule has 0 atom stereocenters. The molecule has 2 aromatic carbocycles. The summed E-state index contributed by atoms with van der Waals surface area (Å²) in [5.41, 5.74) is -0.570. The highest BCUT2D eigenvalue weighted by atomic mass is 19.2. The molecule has 0 aliphatic heterocycles. The SMILES string of the molecule is CNc1cccc(Nc2ccc(F)c(F)c2F)c1[N+](=O)[O-]. The molecule has 0 aromatic heterocycles. The summed E-state index contributed by atoms with van der Waals surface area (Å²) in [7, 11) is 1.49. The Morgan fingerprint density at radius 2 is 1.67 bits per heavy atom. The fourth-order valence-corrected chi connectivity index (χ4v) is 1.81. The highest BCUT2D eigenvalue weighted by Gasteiger charge is 2.21. The van der Waals surface area contributed by atoms with Crippen molar-refractivity contribution in [2.24, 2.45) is 0 Å². The molecular weight excluding hydrogens is 287 g/mol. The van der Waals surface area contributed by atoms with Crippen LogP contribution in [0.3, 0.4) is 0 Å². The summed E-state index contributed by atoms with van der Waals surface area (Å²) in [6.07, 6.45) is 0. The van der Waals surface area contributed by atoms with Crippen LogP contribution in [0.4, 0.5) is 35.9 Å². The zero-order chi connectivity index (χ0) is 15.6. The van der Waals surface area contributed by atoms with Crippen LogP contribution < -0.4 is 10.6 Å². The molecule has 0 bridgehead atoms. The molecular formula is C13H10F3N3O2. The highest BCUT2D eigenvalue weighted by Crippen LogP contribution is 2.35. The molecule has 2 N–H and O–H groups in total. The van der Waals surface area contributed by atoms with Gasteiger partial charge in [0.25, 0.3) is 0 Å². The van der Waals surface area contributed by atoms with E-state index in [-0.39, 0.29) is 17.1 Å². The lowest BCUT2D eigenvalue weighted by Gasteiger charge is -2.11. The maximum atomic E-state index is 13.6. The number of benzene rings is 2. The number of nitro benzene ring substituents is 1. The van der Waals surface area contributed by atoms with Crippen molar-refractivity contribution in [3.63, 3.8) is 0 Å². The lowest BCUT2D eigenvalue weighted by atomic mass is 10.2. The van der Waals surface area contributed by atoms with Crippen molar-refractivity contribution in [3.8, 4) is 0 Å². The Bertz CT molecular complexity index is 707. The highest BCUT2D eigenvalue weighted by molar-refractivity contribution is 5.79. The first-order valence-corrected chi connectivity index (χ1v) is 5.81. The van der Waals surface area contributed by atoms with Crippen LogP contribution in [0.25, 0.3) is 0 Å². The van der Waals surface area contributed by atoms with Gasteiger partial charge in [-0.25, -0.2) is 13.2 Å². The number of halogens is 3. The first-order chi connectivity index (χ1) is 9.95. The zero-order valence-electron chi connectivity index (χ0n) is 10.8. The Kier molecular flexibility index (Phi) is 3.97. The van der Waals surface area contributed by atoms with Crippen molar-refractivity contribution in [1.82, 2.24) is 0 Å². The Labute approximate surface area is 117 Å². The normalized spacial score (nSPS) is 10.3. The van der Waals surface area contributed by atoms with Crippen LogP contribution in [0.5, 0.6) is 0 Å². The minimum atomic E-state index is -1.65. The first kappa shape index (κ1) is 14.6. The molecule has 0 spiro atoms. The van der Waals surface area contributed by atoms with E-state index in [0.29, 0.717) is 0 Å². The number of anilines is 3. The van der Waals surface area contributed by atoms with Crippen molar-refractivity contribution in [2.45, 2.75) is 0 Å². The summed E-state index contributed by atoms with van der Waals surface area (Å²) in [6.45, 7) is 0. The van der Waals surface area contributed by atoms with Gasteiger partial charge in [0.15, 0.2) is 17.5 Å². The molecule has 0 saturated heterocycles. The maximum absolute atomic E-state index is 13.6. The average Bonchev–Trinajstić information content (AvgIpc) is 2.47. The number of nitro groups is 1. The number of hydrogen-bond donors (Lipinski definition) is 2. The van der Waals surface area contributed by atoms with Gasteiger partial charge in [0.05, 0.1) is 10.6 Å². The molecule has 8 heteroatoms. The predicted molar refractivity (Wildman–Crippen MR) is 72.2 cm³/mol. The van der Waals surface area contributed by atoms with E-state index in [9.17, 15) is 23.3 Å². The number of rotatable bonds is 4. The van der Waals surface area contributed by atoms with E-state index in [4.69, 9.17) is 0 Å². The van der Waals surface area contributed by atoms with E-state index in [1.165, 1.54) is 25.2 Å². The van der Waals surface area contributed by atoms with Crippen LogP contribution in [0.1, 0.15) is 0 Å². The third-order valence-electron chi connectivity index (χ3n) is 2.79. The van der Waals surface area contributed by atoms with Gasteiger partial charge in [0.2, 0.25) is 0 Å². The third-order valence-corrected chi connectivity index (χ3v) is 2.79. The molecule has 0 amide bonds. The summed E-state index contributed by atoms with van der Waals surface area (Å²) in [5.74, 6) is -4.43. The van der Waals surface area contributed by atoms with E-state index in [2.05, 4.69) is 10.6 Å². The molecule has 0 aliphatic carbocycles. The van der Waals surface area contributed by atoms with E-state index in [1.54, 1.807) is 0 Å². The van der Waals surface area contributed by atoms with Gasteiger partial charge in [-0.2, -0.15) is 0 Å². The third kappa shape index (κ3) is 2.73. The molecule has 0 aliphatic rings. The Morgan fingerprint density at radius 1 is 1.00 bits per heavy atom. The first-order valence-electron chi connectivity index (χ1n) is 5.81. The number of hydrogen-bond acceptors (Lipinski definition) is 4. The van der Waals surface area contributed by atoms with Crippen LogP contribution in [-0.2, 0) is 0 Å². The van der Waals surface area contributed by atoms with Gasteiger partial charge in [0, 0.05) is 7.05 Å². The fraction of sp³-hybridized carbons (Fsp3) is 0.0769. The van der Waals surface area contributed by atoms with Gasteiger partial charge >= 0.3 is 5.69 Å². The molecule has 5 nitrogen and oxygen atoms in total. The topological polar surface area (TPSA) is 67.2 Å². The smallest absolute Gasteiger partial charge is 0.315 e. The second-order valence-electron chi connectivity index (χ2n) is 4.06. The number of para-hydroxylation sites is 1. The summed E-state index contributed by atoms with van der Waals surface area (Å²) in [5, 5.41) is 16.1. The second kappa shape index (κ2) is 5.70. The monoisotopic (exact) mass is 297 g/mol. The van der Waals surface area contributed by atoms with Crippen LogP contribution in [0.2, 0.25) is 0 Å². The quantitative estimate of drug-likeness (QED) is 0.512. The summed E-state index contributed by atoms with van der Waals surface area (Å²) < 4.78 is 39.6. The number of nitrogens with zero attached hydrogens (tertiary/aromatic N) is 1. The van der Waals surface area contributed by atoms with Gasteiger partial charge in [0.1, 0.15) is 11.4 Å². The van der Waals surface area contributed by atoms with Crippen molar-refractivity contribution in [3.05, 3.63) is 57.9 Å². The molecule has 0 radical (unpaired) electrons. The van der Waals surface area contributed by atoms with Crippen LogP contribution in [0, 0.1) is 27.6 Å². The predicted octanol–water partition coefficient (Wildman–Crippen LogP) is 3.80. The van der Waals surface area contributed by atoms with Crippen LogP contribution in [0.15, 0.2) is 30.3 Å². The molecule has 21 heavy (non-hydrogen) atoms. The molecule has 2 aromatic rings. The van der Waals surface area contributed by atoms with Gasteiger partial charge in [-0.15, -0.1) is 0 Å². The average molecular weight is 297 g/mol. The summed E-state index contributed by atoms with van der Waals surface area (Å²) in [4.78, 5) is 10.4. The van der Waals surface area contributed by atoms with Crippen molar-refractivity contribution in [2.75, 3.05) is 17.7 Å². The van der Waals surface area contributed by atoms with E-state index < -0.39 is 28.1 Å². The largest absolute Gasteiger partial charge is 0.382 e. The minimum absolute atomic E-state index is 0.0447. The lowest BCUT2D eigenvalue weighted by Crippen LogP contribution is -2.03. The minimum Gasteiger partial charge on any atom is -0.382 e. The molecule has 110 valence electrons. The van der Waals surface area contributed by atoms with Gasteiger partial charge < -0.3 is 10.6 Å². The van der Waals surface area contributed by atoms with Crippen molar-refractivity contribution in [1.29, 1.82) is 0 Å². The fourth-order valence-electron chi connectivity index (χ4n) is 1.81. The lowest BCUT2D eigenvalue weighted by molar-refractivity contribution is -0.383. The zero-order valence-corrected chi connectivity index (χ0v) is 10.8. The maximum Gasteiger partial charge on any atom is 0.315 e. The number of nitrogens with one attached hydrogen (secondary N) is 2. The molecule has 0 heterocycles. The van der Waals surface area contributed by atoms with Crippen molar-refractivity contribution >= 4 is 22.7 Å². The molecule has 0 unspecified atom stereocenters. The summed E-state index contributed by atoms with van der Waals surface area (Å²) >= 11 is 0.